The first-order valence-electron chi connectivity index (χ1n) is 8.39. The number of fused-ring (bicyclic) bond motifs is 1. The number of ether oxygens (including phenoxy) is 1. The highest BCUT2D eigenvalue weighted by Crippen LogP contribution is 2.47. The molecular formula is C20H18ClN3O2. The third kappa shape index (κ3) is 2.41. The van der Waals surface area contributed by atoms with E-state index in [1.165, 1.54) is 0 Å². The zero-order valence-corrected chi connectivity index (χ0v) is 15.5. The smallest absolute Gasteiger partial charge is 0.337 e. The van der Waals surface area contributed by atoms with Gasteiger partial charge in [-0.1, -0.05) is 23.7 Å². The first-order chi connectivity index (χ1) is 12.3. The zero-order valence-electron chi connectivity index (χ0n) is 14.8. The van der Waals surface area contributed by atoms with Crippen molar-refractivity contribution >= 4 is 23.4 Å². The number of cyclic esters (lactones) is 1. The number of rotatable bonds is 1. The topological polar surface area (TPSA) is 67.0 Å². The van der Waals surface area contributed by atoms with Crippen LogP contribution in [0.1, 0.15) is 43.4 Å². The van der Waals surface area contributed by atoms with Gasteiger partial charge in [-0.25, -0.2) is 4.79 Å². The van der Waals surface area contributed by atoms with Crippen LogP contribution in [0, 0.1) is 11.3 Å². The first kappa shape index (κ1) is 16.7. The highest BCUT2D eigenvalue weighted by Gasteiger charge is 2.42. The monoisotopic (exact) mass is 367 g/mol. The van der Waals surface area contributed by atoms with Crippen LogP contribution >= 0.6 is 11.6 Å². The van der Waals surface area contributed by atoms with Gasteiger partial charge in [0.05, 0.1) is 16.8 Å². The molecule has 0 amide bonds. The Hall–Kier alpha value is -2.71. The van der Waals surface area contributed by atoms with Crippen LogP contribution in [-0.4, -0.2) is 17.1 Å². The van der Waals surface area contributed by atoms with E-state index in [1.807, 2.05) is 18.3 Å². The van der Waals surface area contributed by atoms with Gasteiger partial charge in [0, 0.05) is 28.2 Å². The minimum atomic E-state index is -0.355. The van der Waals surface area contributed by atoms with E-state index < -0.39 is 0 Å². The molecule has 26 heavy (non-hydrogen) atoms. The fourth-order valence-electron chi connectivity index (χ4n) is 3.65. The Balaban J connectivity index is 2.01. The molecule has 1 aromatic heterocycles. The summed E-state index contributed by atoms with van der Waals surface area (Å²) in [6, 6.07) is 9.68. The number of carbonyl (C=O) groups excluding carboxylic acids is 1. The summed E-state index contributed by atoms with van der Waals surface area (Å²) in [5, 5.41) is 13.7. The SMILES string of the molecule is CC(C)(C)n1cc(C#N)c2c1NC1=C(C(=O)OC1)[C@H]2c1ccc(Cl)cc1. The van der Waals surface area contributed by atoms with Crippen molar-refractivity contribution in [2.24, 2.45) is 0 Å². The number of benzene rings is 1. The maximum Gasteiger partial charge on any atom is 0.337 e. The molecule has 4 rings (SSSR count). The lowest BCUT2D eigenvalue weighted by Gasteiger charge is -2.30. The molecule has 132 valence electrons. The van der Waals surface area contributed by atoms with E-state index in [2.05, 4.69) is 36.7 Å². The Kier molecular flexibility index (Phi) is 3.64. The summed E-state index contributed by atoms with van der Waals surface area (Å²) >= 11 is 6.04. The summed E-state index contributed by atoms with van der Waals surface area (Å²) in [6.45, 7) is 6.45. The molecular weight excluding hydrogens is 350 g/mol. The van der Waals surface area contributed by atoms with Gasteiger partial charge in [-0.3, -0.25) is 0 Å². The molecule has 0 saturated carbocycles. The Bertz CT molecular complexity index is 988. The second-order valence-corrected chi connectivity index (χ2v) is 7.97. The van der Waals surface area contributed by atoms with Gasteiger partial charge in [0.2, 0.25) is 0 Å². The molecule has 2 aliphatic heterocycles. The van der Waals surface area contributed by atoms with E-state index in [0.29, 0.717) is 16.2 Å². The van der Waals surface area contributed by atoms with E-state index in [1.54, 1.807) is 12.1 Å². The molecule has 2 aliphatic rings. The lowest BCUT2D eigenvalue weighted by atomic mass is 9.81. The molecule has 6 heteroatoms. The van der Waals surface area contributed by atoms with Crippen LogP contribution in [-0.2, 0) is 15.1 Å². The molecule has 0 saturated heterocycles. The average molecular weight is 368 g/mol. The highest BCUT2D eigenvalue weighted by molar-refractivity contribution is 6.30. The van der Waals surface area contributed by atoms with E-state index in [0.717, 1.165) is 22.6 Å². The molecule has 1 aromatic carbocycles. The van der Waals surface area contributed by atoms with Gasteiger partial charge in [-0.2, -0.15) is 5.26 Å². The number of nitrogens with zero attached hydrogens (tertiary/aromatic N) is 2. The summed E-state index contributed by atoms with van der Waals surface area (Å²) in [4.78, 5) is 12.4. The number of carbonyl (C=O) groups is 1. The maximum atomic E-state index is 12.4. The Morgan fingerprint density at radius 1 is 1.31 bits per heavy atom. The summed E-state index contributed by atoms with van der Waals surface area (Å²) in [5.41, 5.74) is 3.37. The van der Waals surface area contributed by atoms with Crippen molar-refractivity contribution in [3.8, 4) is 6.07 Å². The maximum absolute atomic E-state index is 12.4. The van der Waals surface area contributed by atoms with Crippen LogP contribution in [0.5, 0.6) is 0 Å². The predicted octanol–water partition coefficient (Wildman–Crippen LogP) is 4.14. The number of anilines is 1. The lowest BCUT2D eigenvalue weighted by molar-refractivity contribution is -0.136. The fraction of sp³-hybridized carbons (Fsp3) is 0.300. The quantitative estimate of drug-likeness (QED) is 0.769. The zero-order chi connectivity index (χ0) is 18.6. The first-order valence-corrected chi connectivity index (χ1v) is 8.77. The number of nitriles is 1. The van der Waals surface area contributed by atoms with E-state index in [4.69, 9.17) is 16.3 Å². The van der Waals surface area contributed by atoms with Gasteiger partial charge in [0.25, 0.3) is 0 Å². The van der Waals surface area contributed by atoms with Crippen molar-refractivity contribution in [3.63, 3.8) is 0 Å². The number of hydrogen-bond acceptors (Lipinski definition) is 4. The summed E-state index contributed by atoms with van der Waals surface area (Å²) in [7, 11) is 0. The Morgan fingerprint density at radius 2 is 2.00 bits per heavy atom. The largest absolute Gasteiger partial charge is 0.456 e. The molecule has 1 atom stereocenters. The lowest BCUT2D eigenvalue weighted by Crippen LogP contribution is -2.26. The second-order valence-electron chi connectivity index (χ2n) is 7.54. The van der Waals surface area contributed by atoms with Crippen LogP contribution < -0.4 is 5.32 Å². The van der Waals surface area contributed by atoms with Crippen molar-refractivity contribution in [2.75, 3.05) is 11.9 Å². The van der Waals surface area contributed by atoms with Crippen LogP contribution in [0.15, 0.2) is 41.7 Å². The number of hydrogen-bond donors (Lipinski definition) is 1. The van der Waals surface area contributed by atoms with Gasteiger partial charge in [0.15, 0.2) is 0 Å². The van der Waals surface area contributed by atoms with Crippen molar-refractivity contribution in [2.45, 2.75) is 32.2 Å². The minimum absolute atomic E-state index is 0.217. The van der Waals surface area contributed by atoms with Crippen molar-refractivity contribution in [1.82, 2.24) is 4.57 Å². The Labute approximate surface area is 156 Å². The van der Waals surface area contributed by atoms with Gasteiger partial charge in [0.1, 0.15) is 18.5 Å². The highest BCUT2D eigenvalue weighted by atomic mass is 35.5. The predicted molar refractivity (Wildman–Crippen MR) is 99.0 cm³/mol. The van der Waals surface area contributed by atoms with Crippen molar-refractivity contribution < 1.29 is 9.53 Å². The molecule has 1 N–H and O–H groups in total. The minimum Gasteiger partial charge on any atom is -0.456 e. The van der Waals surface area contributed by atoms with E-state index >= 15 is 0 Å². The van der Waals surface area contributed by atoms with E-state index in [9.17, 15) is 10.1 Å². The number of esters is 1. The third-order valence-corrected chi connectivity index (χ3v) is 5.08. The molecule has 0 aliphatic carbocycles. The third-order valence-electron chi connectivity index (χ3n) is 4.83. The van der Waals surface area contributed by atoms with Gasteiger partial charge in [-0.15, -0.1) is 0 Å². The molecule has 3 heterocycles. The molecule has 2 aromatic rings. The van der Waals surface area contributed by atoms with Crippen molar-refractivity contribution in [1.29, 1.82) is 5.26 Å². The molecule has 0 fully saturated rings. The molecule has 0 radical (unpaired) electrons. The molecule has 0 unspecified atom stereocenters. The van der Waals surface area contributed by atoms with Crippen LogP contribution in [0.3, 0.4) is 0 Å². The number of aromatic nitrogens is 1. The Morgan fingerprint density at radius 3 is 2.62 bits per heavy atom. The van der Waals surface area contributed by atoms with E-state index in [-0.39, 0.29) is 24.0 Å². The van der Waals surface area contributed by atoms with Gasteiger partial charge in [-0.05, 0) is 38.5 Å². The summed E-state index contributed by atoms with van der Waals surface area (Å²) in [6.07, 6.45) is 1.86. The van der Waals surface area contributed by atoms with Crippen LogP contribution in [0.25, 0.3) is 0 Å². The number of halogens is 1. The fourth-order valence-corrected chi connectivity index (χ4v) is 3.77. The second kappa shape index (κ2) is 5.65. The summed E-state index contributed by atoms with van der Waals surface area (Å²) < 4.78 is 7.33. The number of nitrogens with one attached hydrogen (secondary N) is 1. The van der Waals surface area contributed by atoms with Crippen LogP contribution in [0.2, 0.25) is 5.02 Å². The average Bonchev–Trinajstić information content (AvgIpc) is 3.15. The van der Waals surface area contributed by atoms with Gasteiger partial charge < -0.3 is 14.6 Å². The van der Waals surface area contributed by atoms with Crippen molar-refractivity contribution in [3.05, 3.63) is 63.4 Å². The standard InChI is InChI=1S/C20H18ClN3O2/c1-20(2,3)24-9-12(8-22)16-15(11-4-6-13(21)7-5-11)17-14(23-18(16)24)10-26-19(17)25/h4-7,9,15,23H,10H2,1-3H3/t15-/m0/s1. The molecule has 0 bridgehead atoms. The molecule has 0 spiro atoms. The van der Waals surface area contributed by atoms with Crippen LogP contribution in [0.4, 0.5) is 5.82 Å². The normalized spacial score (nSPS) is 18.7. The summed E-state index contributed by atoms with van der Waals surface area (Å²) in [5.74, 6) is 0.142. The molecule has 5 nitrogen and oxygen atoms in total. The van der Waals surface area contributed by atoms with Gasteiger partial charge >= 0.3 is 5.97 Å².